The van der Waals surface area contributed by atoms with Crippen molar-refractivity contribution in [2.75, 3.05) is 6.54 Å². The molecule has 1 atom stereocenters. The van der Waals surface area contributed by atoms with E-state index in [1.807, 2.05) is 11.0 Å². The SMILES string of the molecule is CC(C)(C)CN1Cc2c(cc(Cl)c3[nH]ncc23)C[C@@H](CC=O)C1=O. The molecule has 1 aromatic heterocycles. The summed E-state index contributed by atoms with van der Waals surface area (Å²) in [5.74, 6) is -0.285. The molecule has 0 fully saturated rings. The van der Waals surface area contributed by atoms with Gasteiger partial charge in [-0.15, -0.1) is 0 Å². The molecular weight excluding hydrogens is 326 g/mol. The van der Waals surface area contributed by atoms with Crippen molar-refractivity contribution in [3.63, 3.8) is 0 Å². The minimum absolute atomic E-state index is 0.0200. The molecule has 0 radical (unpaired) electrons. The zero-order valence-electron chi connectivity index (χ0n) is 14.2. The van der Waals surface area contributed by atoms with Crippen LogP contribution in [-0.2, 0) is 22.6 Å². The quantitative estimate of drug-likeness (QED) is 0.866. The predicted octanol–water partition coefficient (Wildman–Crippen LogP) is 3.35. The minimum Gasteiger partial charge on any atom is -0.338 e. The van der Waals surface area contributed by atoms with Gasteiger partial charge >= 0.3 is 0 Å². The number of fused-ring (bicyclic) bond motifs is 3. The lowest BCUT2D eigenvalue weighted by Crippen LogP contribution is -2.40. The maximum Gasteiger partial charge on any atom is 0.226 e. The van der Waals surface area contributed by atoms with Gasteiger partial charge in [0.15, 0.2) is 0 Å². The monoisotopic (exact) mass is 347 g/mol. The standard InChI is InChI=1S/C18H22ClN3O2/c1-18(2,3)10-22-9-14-12(6-11(4-5-23)17(22)24)7-15(19)16-13(14)8-20-21-16/h5,7-8,11H,4,6,9-10H2,1-3H3,(H,20,21)/t11-/m1/s1. The van der Waals surface area contributed by atoms with Gasteiger partial charge in [0, 0.05) is 30.8 Å². The number of aldehydes is 1. The van der Waals surface area contributed by atoms with Crippen molar-refractivity contribution in [1.82, 2.24) is 15.1 Å². The second-order valence-electron chi connectivity index (χ2n) is 7.71. The highest BCUT2D eigenvalue weighted by Gasteiger charge is 2.32. The minimum atomic E-state index is -0.327. The van der Waals surface area contributed by atoms with E-state index in [1.165, 1.54) is 0 Å². The number of aromatic nitrogens is 2. The van der Waals surface area contributed by atoms with E-state index < -0.39 is 0 Å². The number of halogens is 1. The molecular formula is C18H22ClN3O2. The fraction of sp³-hybridized carbons (Fsp3) is 0.500. The fourth-order valence-electron chi connectivity index (χ4n) is 3.44. The van der Waals surface area contributed by atoms with Crippen LogP contribution in [0, 0.1) is 11.3 Å². The summed E-state index contributed by atoms with van der Waals surface area (Å²) >= 11 is 6.35. The molecule has 0 saturated carbocycles. The van der Waals surface area contributed by atoms with Crippen molar-refractivity contribution in [2.45, 2.75) is 40.2 Å². The van der Waals surface area contributed by atoms with Crippen LogP contribution in [0.1, 0.15) is 38.3 Å². The second-order valence-corrected chi connectivity index (χ2v) is 8.12. The van der Waals surface area contributed by atoms with Crippen LogP contribution in [0.5, 0.6) is 0 Å². The fourth-order valence-corrected chi connectivity index (χ4v) is 3.71. The lowest BCUT2D eigenvalue weighted by molar-refractivity contribution is -0.138. The van der Waals surface area contributed by atoms with E-state index in [4.69, 9.17) is 11.6 Å². The van der Waals surface area contributed by atoms with Crippen molar-refractivity contribution < 1.29 is 9.59 Å². The van der Waals surface area contributed by atoms with Crippen LogP contribution in [-0.4, -0.2) is 33.8 Å². The van der Waals surface area contributed by atoms with Crippen LogP contribution in [0.4, 0.5) is 0 Å². The first-order chi connectivity index (χ1) is 11.3. The molecule has 1 aliphatic heterocycles. The summed E-state index contributed by atoms with van der Waals surface area (Å²) in [5.41, 5.74) is 2.89. The van der Waals surface area contributed by atoms with Crippen molar-refractivity contribution in [1.29, 1.82) is 0 Å². The molecule has 0 bridgehead atoms. The number of nitrogens with one attached hydrogen (secondary N) is 1. The number of carbonyl (C=O) groups excluding carboxylic acids is 2. The molecule has 5 nitrogen and oxygen atoms in total. The third kappa shape index (κ3) is 3.18. The van der Waals surface area contributed by atoms with Gasteiger partial charge in [0.05, 0.1) is 16.7 Å². The first-order valence-electron chi connectivity index (χ1n) is 8.16. The summed E-state index contributed by atoms with van der Waals surface area (Å²) in [6.07, 6.45) is 3.37. The first kappa shape index (κ1) is 17.0. The second kappa shape index (κ2) is 6.20. The molecule has 1 N–H and O–H groups in total. The molecule has 24 heavy (non-hydrogen) atoms. The lowest BCUT2D eigenvalue weighted by Gasteiger charge is -2.31. The molecule has 2 aromatic rings. The summed E-state index contributed by atoms with van der Waals surface area (Å²) in [7, 11) is 0. The zero-order chi connectivity index (χ0) is 17.5. The van der Waals surface area contributed by atoms with Crippen LogP contribution in [0.25, 0.3) is 10.9 Å². The van der Waals surface area contributed by atoms with Crippen LogP contribution in [0.2, 0.25) is 5.02 Å². The normalized spacial score (nSPS) is 18.6. The summed E-state index contributed by atoms with van der Waals surface area (Å²) in [6, 6.07) is 1.91. The maximum atomic E-state index is 13.0. The molecule has 0 saturated heterocycles. The van der Waals surface area contributed by atoms with E-state index >= 15 is 0 Å². The Labute approximate surface area is 146 Å². The molecule has 6 heteroatoms. The smallest absolute Gasteiger partial charge is 0.226 e. The molecule has 1 amide bonds. The zero-order valence-corrected chi connectivity index (χ0v) is 15.0. The van der Waals surface area contributed by atoms with Gasteiger partial charge < -0.3 is 9.69 Å². The van der Waals surface area contributed by atoms with Gasteiger partial charge in [-0.25, -0.2) is 0 Å². The molecule has 1 aromatic carbocycles. The van der Waals surface area contributed by atoms with Gasteiger partial charge in [-0.2, -0.15) is 5.10 Å². The third-order valence-corrected chi connectivity index (χ3v) is 4.71. The number of hydrogen-bond donors (Lipinski definition) is 1. The van der Waals surface area contributed by atoms with Gasteiger partial charge in [0.25, 0.3) is 0 Å². The highest BCUT2D eigenvalue weighted by Crippen LogP contribution is 2.34. The largest absolute Gasteiger partial charge is 0.338 e. The number of aromatic amines is 1. The van der Waals surface area contributed by atoms with Gasteiger partial charge in [-0.3, -0.25) is 9.89 Å². The molecule has 0 spiro atoms. The Hall–Kier alpha value is -1.88. The van der Waals surface area contributed by atoms with E-state index in [-0.39, 0.29) is 23.7 Å². The van der Waals surface area contributed by atoms with Gasteiger partial charge in [-0.1, -0.05) is 32.4 Å². The van der Waals surface area contributed by atoms with Crippen molar-refractivity contribution in [2.24, 2.45) is 11.3 Å². The Balaban J connectivity index is 2.11. The summed E-state index contributed by atoms with van der Waals surface area (Å²) in [5, 5.41) is 8.59. The van der Waals surface area contributed by atoms with E-state index in [0.29, 0.717) is 24.5 Å². The van der Waals surface area contributed by atoms with Crippen molar-refractivity contribution >= 4 is 34.7 Å². The Morgan fingerprint density at radius 3 is 2.88 bits per heavy atom. The highest BCUT2D eigenvalue weighted by molar-refractivity contribution is 6.35. The number of nitrogens with zero attached hydrogens (tertiary/aromatic N) is 2. The predicted molar refractivity (Wildman–Crippen MR) is 93.9 cm³/mol. The molecule has 128 valence electrons. The van der Waals surface area contributed by atoms with Crippen LogP contribution >= 0.6 is 11.6 Å². The molecule has 2 heterocycles. The number of amides is 1. The molecule has 0 unspecified atom stereocenters. The van der Waals surface area contributed by atoms with E-state index in [0.717, 1.165) is 28.3 Å². The van der Waals surface area contributed by atoms with Gasteiger partial charge in [-0.05, 0) is 29.0 Å². The van der Waals surface area contributed by atoms with E-state index in [9.17, 15) is 9.59 Å². The Morgan fingerprint density at radius 2 is 2.21 bits per heavy atom. The van der Waals surface area contributed by atoms with Crippen LogP contribution < -0.4 is 0 Å². The molecule has 0 aliphatic carbocycles. The van der Waals surface area contributed by atoms with Crippen molar-refractivity contribution in [3.8, 4) is 0 Å². The summed E-state index contributed by atoms with van der Waals surface area (Å²) < 4.78 is 0. The highest BCUT2D eigenvalue weighted by atomic mass is 35.5. The van der Waals surface area contributed by atoms with E-state index in [2.05, 4.69) is 31.0 Å². The van der Waals surface area contributed by atoms with E-state index in [1.54, 1.807) is 6.20 Å². The van der Waals surface area contributed by atoms with Crippen LogP contribution in [0.15, 0.2) is 12.3 Å². The number of H-pyrrole nitrogens is 1. The topological polar surface area (TPSA) is 66.1 Å². The Bertz CT molecular complexity index is 791. The third-order valence-electron chi connectivity index (χ3n) is 4.41. The van der Waals surface area contributed by atoms with Crippen LogP contribution in [0.3, 0.4) is 0 Å². The van der Waals surface area contributed by atoms with Gasteiger partial charge in [0.1, 0.15) is 6.29 Å². The number of benzene rings is 1. The number of rotatable bonds is 3. The maximum absolute atomic E-state index is 13.0. The Kier molecular flexibility index (Phi) is 4.38. The number of hydrogen-bond acceptors (Lipinski definition) is 3. The molecule has 3 rings (SSSR count). The Morgan fingerprint density at radius 1 is 1.46 bits per heavy atom. The lowest BCUT2D eigenvalue weighted by atomic mass is 9.93. The van der Waals surface area contributed by atoms with Crippen molar-refractivity contribution in [3.05, 3.63) is 28.4 Å². The average Bonchev–Trinajstić information content (AvgIpc) is 2.93. The number of carbonyl (C=O) groups is 2. The first-order valence-corrected chi connectivity index (χ1v) is 8.53. The molecule has 1 aliphatic rings. The average molecular weight is 348 g/mol. The summed E-state index contributed by atoms with van der Waals surface area (Å²) in [4.78, 5) is 25.9. The summed E-state index contributed by atoms with van der Waals surface area (Å²) in [6.45, 7) is 7.49. The van der Waals surface area contributed by atoms with Gasteiger partial charge in [0.2, 0.25) is 5.91 Å².